The molecule has 3 aromatic rings. The molecule has 0 aliphatic heterocycles. The summed E-state index contributed by atoms with van der Waals surface area (Å²) in [7, 11) is 3.11. The molecule has 1 heterocycles. The molecule has 2 aromatic carbocycles. The van der Waals surface area contributed by atoms with E-state index in [0.717, 1.165) is 29.0 Å². The van der Waals surface area contributed by atoms with Crippen molar-refractivity contribution in [1.29, 1.82) is 0 Å². The highest BCUT2D eigenvalue weighted by atomic mass is 32.2. The van der Waals surface area contributed by atoms with E-state index in [1.165, 1.54) is 16.7 Å². The van der Waals surface area contributed by atoms with Gasteiger partial charge in [0.1, 0.15) is 11.5 Å². The van der Waals surface area contributed by atoms with E-state index in [9.17, 15) is 19.3 Å². The van der Waals surface area contributed by atoms with Gasteiger partial charge in [0.25, 0.3) is 11.6 Å². The van der Waals surface area contributed by atoms with E-state index in [1.807, 2.05) is 30.3 Å². The number of thioether (sulfide) groups is 1. The van der Waals surface area contributed by atoms with E-state index in [1.54, 1.807) is 14.1 Å². The fourth-order valence-electron chi connectivity index (χ4n) is 2.43. The Hall–Kier alpha value is -3.05. The molecule has 0 unspecified atom stereocenters. The molecule has 3 rings (SSSR count). The van der Waals surface area contributed by atoms with Gasteiger partial charge in [0, 0.05) is 32.0 Å². The average Bonchev–Trinajstić information content (AvgIpc) is 3.13. The van der Waals surface area contributed by atoms with Crippen molar-refractivity contribution in [3.63, 3.8) is 0 Å². The van der Waals surface area contributed by atoms with Crippen molar-refractivity contribution in [3.8, 4) is 0 Å². The number of carbonyl (C=O) groups excluding carboxylic acids is 1. The van der Waals surface area contributed by atoms with Crippen LogP contribution in [0.5, 0.6) is 0 Å². The summed E-state index contributed by atoms with van der Waals surface area (Å²) in [5.74, 6) is -0.998. The number of nitrogens with one attached hydrogen (secondary N) is 1. The molecule has 8 nitrogen and oxygen atoms in total. The van der Waals surface area contributed by atoms with Crippen LogP contribution in [-0.4, -0.2) is 35.1 Å². The summed E-state index contributed by atoms with van der Waals surface area (Å²) in [4.78, 5) is 24.4. The van der Waals surface area contributed by atoms with Crippen LogP contribution < -0.4 is 10.2 Å². The predicted octanol–water partition coefficient (Wildman–Crippen LogP) is 4.20. The van der Waals surface area contributed by atoms with Gasteiger partial charge in [-0.3, -0.25) is 20.2 Å². The van der Waals surface area contributed by atoms with Crippen molar-refractivity contribution >= 4 is 45.5 Å². The molecular weight excluding hydrogens is 417 g/mol. The second-order valence-electron chi connectivity index (χ2n) is 6.07. The number of nitrogens with zero attached hydrogens (tertiary/aromatic N) is 4. The number of nitro groups is 1. The zero-order chi connectivity index (χ0) is 21.0. The summed E-state index contributed by atoms with van der Waals surface area (Å²) >= 11 is 2.60. The number of benzene rings is 2. The lowest BCUT2D eigenvalue weighted by Crippen LogP contribution is -2.17. The minimum Gasteiger partial charge on any atom is -0.372 e. The molecule has 0 aliphatic carbocycles. The third-order valence-corrected chi connectivity index (χ3v) is 5.86. The van der Waals surface area contributed by atoms with E-state index in [4.69, 9.17) is 0 Å². The van der Waals surface area contributed by atoms with Crippen LogP contribution >= 0.6 is 23.1 Å². The van der Waals surface area contributed by atoms with E-state index in [2.05, 4.69) is 15.5 Å². The van der Waals surface area contributed by atoms with E-state index in [-0.39, 0.29) is 16.5 Å². The van der Waals surface area contributed by atoms with Crippen LogP contribution in [-0.2, 0) is 5.75 Å². The summed E-state index contributed by atoms with van der Waals surface area (Å²) in [5, 5.41) is 21.8. The van der Waals surface area contributed by atoms with E-state index < -0.39 is 22.2 Å². The van der Waals surface area contributed by atoms with E-state index in [0.29, 0.717) is 10.1 Å². The Labute approximate surface area is 173 Å². The smallest absolute Gasteiger partial charge is 0.293 e. The lowest BCUT2D eigenvalue weighted by Gasteiger charge is -2.14. The first kappa shape index (κ1) is 20.7. The first-order valence-corrected chi connectivity index (χ1v) is 10.1. The second-order valence-corrected chi connectivity index (χ2v) is 8.27. The zero-order valence-corrected chi connectivity index (χ0v) is 17.1. The van der Waals surface area contributed by atoms with Crippen molar-refractivity contribution in [3.05, 3.63) is 69.5 Å². The average molecular weight is 433 g/mol. The van der Waals surface area contributed by atoms with Crippen molar-refractivity contribution in [2.75, 3.05) is 24.3 Å². The molecule has 0 saturated carbocycles. The molecule has 29 heavy (non-hydrogen) atoms. The van der Waals surface area contributed by atoms with Gasteiger partial charge in [0.05, 0.1) is 10.5 Å². The third kappa shape index (κ3) is 5.06. The fourth-order valence-corrected chi connectivity index (χ4v) is 4.14. The number of carbonyl (C=O) groups is 1. The maximum atomic E-state index is 14.4. The van der Waals surface area contributed by atoms with Gasteiger partial charge in [-0.1, -0.05) is 53.4 Å². The number of amides is 1. The number of rotatable bonds is 7. The normalized spacial score (nSPS) is 10.6. The zero-order valence-electron chi connectivity index (χ0n) is 15.5. The quantitative estimate of drug-likeness (QED) is 0.258. The van der Waals surface area contributed by atoms with Gasteiger partial charge in [0.2, 0.25) is 5.13 Å². The molecule has 1 N–H and O–H groups in total. The van der Waals surface area contributed by atoms with Gasteiger partial charge in [-0.25, -0.2) is 4.39 Å². The number of halogens is 1. The topological polar surface area (TPSA) is 101 Å². The summed E-state index contributed by atoms with van der Waals surface area (Å²) in [6.07, 6.45) is 0. The van der Waals surface area contributed by atoms with Crippen molar-refractivity contribution < 1.29 is 14.1 Å². The highest BCUT2D eigenvalue weighted by molar-refractivity contribution is 8.00. The van der Waals surface area contributed by atoms with Crippen LogP contribution in [0.1, 0.15) is 15.9 Å². The Morgan fingerprint density at radius 1 is 1.28 bits per heavy atom. The molecule has 0 spiro atoms. The number of anilines is 2. The van der Waals surface area contributed by atoms with Gasteiger partial charge in [-0.15, -0.1) is 10.2 Å². The number of hydrogen-bond donors (Lipinski definition) is 1. The van der Waals surface area contributed by atoms with Crippen LogP contribution in [0, 0.1) is 15.9 Å². The predicted molar refractivity (Wildman–Crippen MR) is 111 cm³/mol. The Morgan fingerprint density at radius 2 is 2.00 bits per heavy atom. The first-order valence-electron chi connectivity index (χ1n) is 8.32. The molecular formula is C18H16FN5O3S2. The van der Waals surface area contributed by atoms with Crippen LogP contribution in [0.2, 0.25) is 0 Å². The lowest BCUT2D eigenvalue weighted by molar-refractivity contribution is -0.384. The van der Waals surface area contributed by atoms with Gasteiger partial charge in [0.15, 0.2) is 4.34 Å². The minimum absolute atomic E-state index is 0.0690. The minimum atomic E-state index is -0.861. The van der Waals surface area contributed by atoms with E-state index >= 15 is 0 Å². The van der Waals surface area contributed by atoms with Crippen molar-refractivity contribution in [2.45, 2.75) is 10.1 Å². The SMILES string of the molecule is CN(C)c1cc(F)c(C(=O)Nc2nnc(SCc3ccccc3)s2)cc1[N+](=O)[O-]. The molecule has 11 heteroatoms. The Morgan fingerprint density at radius 3 is 2.66 bits per heavy atom. The van der Waals surface area contributed by atoms with Gasteiger partial charge in [-0.2, -0.15) is 0 Å². The van der Waals surface area contributed by atoms with Crippen LogP contribution in [0.25, 0.3) is 0 Å². The van der Waals surface area contributed by atoms with Crippen LogP contribution in [0.4, 0.5) is 20.9 Å². The molecule has 0 aliphatic rings. The largest absolute Gasteiger partial charge is 0.372 e. The summed E-state index contributed by atoms with van der Waals surface area (Å²) in [6, 6.07) is 11.7. The second kappa shape index (κ2) is 8.97. The van der Waals surface area contributed by atoms with Gasteiger partial charge < -0.3 is 4.90 Å². The molecule has 0 fully saturated rings. The summed E-state index contributed by atoms with van der Waals surface area (Å²) in [6.45, 7) is 0. The number of nitro benzene ring substituents is 1. The fraction of sp³-hybridized carbons (Fsp3) is 0.167. The Bertz CT molecular complexity index is 1040. The molecule has 0 atom stereocenters. The Kier molecular flexibility index (Phi) is 6.39. The van der Waals surface area contributed by atoms with Crippen LogP contribution in [0.3, 0.4) is 0 Å². The van der Waals surface area contributed by atoms with Gasteiger partial charge in [-0.05, 0) is 5.56 Å². The molecule has 150 valence electrons. The molecule has 1 amide bonds. The maximum absolute atomic E-state index is 14.4. The molecule has 0 saturated heterocycles. The monoisotopic (exact) mass is 433 g/mol. The molecule has 0 radical (unpaired) electrons. The third-order valence-electron chi connectivity index (χ3n) is 3.82. The lowest BCUT2D eigenvalue weighted by atomic mass is 10.1. The summed E-state index contributed by atoms with van der Waals surface area (Å²) in [5.41, 5.74) is 0.391. The Balaban J connectivity index is 1.73. The standard InChI is InChI=1S/C18H16FN5O3S2/c1-23(2)14-9-13(19)12(8-15(14)24(26)27)16(25)20-17-21-22-18(29-17)28-10-11-6-4-3-5-7-11/h3-9H,10H2,1-2H3,(H,20,21,25). The number of aromatic nitrogens is 2. The molecule has 0 bridgehead atoms. The van der Waals surface area contributed by atoms with Gasteiger partial charge >= 0.3 is 0 Å². The first-order chi connectivity index (χ1) is 13.8. The highest BCUT2D eigenvalue weighted by Crippen LogP contribution is 2.31. The number of hydrogen-bond acceptors (Lipinski definition) is 8. The van der Waals surface area contributed by atoms with Crippen molar-refractivity contribution in [1.82, 2.24) is 10.2 Å². The highest BCUT2D eigenvalue weighted by Gasteiger charge is 2.24. The summed E-state index contributed by atoms with van der Waals surface area (Å²) < 4.78 is 15.0. The molecule has 1 aromatic heterocycles. The maximum Gasteiger partial charge on any atom is 0.293 e. The van der Waals surface area contributed by atoms with Crippen molar-refractivity contribution in [2.24, 2.45) is 0 Å². The van der Waals surface area contributed by atoms with Crippen LogP contribution in [0.15, 0.2) is 46.8 Å².